The molecule has 0 heterocycles. The molecule has 0 nitrogen and oxygen atoms in total. The van der Waals surface area contributed by atoms with Crippen LogP contribution in [0, 0.1) is 0 Å². The fraction of sp³-hybridized carbons (Fsp3) is 0.667. The average Bonchev–Trinajstić information content (AvgIpc) is 2.62. The summed E-state index contributed by atoms with van der Waals surface area (Å²) in [6.45, 7) is 4.43. The van der Waals surface area contributed by atoms with E-state index in [9.17, 15) is 0 Å². The molecule has 0 fully saturated rings. The predicted octanol–water partition coefficient (Wildman–Crippen LogP) is 8.44. The van der Waals surface area contributed by atoms with Crippen molar-refractivity contribution < 1.29 is 0 Å². The van der Waals surface area contributed by atoms with Gasteiger partial charge in [-0.25, -0.2) is 0 Å². The smallest absolute Gasteiger partial charge is 0.00178 e. The van der Waals surface area contributed by atoms with E-state index in [1.54, 1.807) is 0 Å². The maximum Gasteiger partial charge on any atom is 0.00178 e. The Bertz CT molecular complexity index is 390. The van der Waals surface area contributed by atoms with E-state index >= 15 is 0 Å². The number of unbranched alkanes of at least 4 members (excludes halogenated alkanes) is 11. The van der Waals surface area contributed by atoms with Crippen LogP contribution in [0.25, 0.3) is 0 Å². The normalized spacial score (nSPS) is 12.8. The van der Waals surface area contributed by atoms with Crippen LogP contribution in [0.4, 0.5) is 0 Å². The van der Waals surface area contributed by atoms with Gasteiger partial charge in [0.05, 0.1) is 0 Å². The van der Waals surface area contributed by atoms with Gasteiger partial charge in [-0.15, -0.1) is 0 Å². The number of hydrogen-bond donors (Lipinski definition) is 0. The second kappa shape index (κ2) is 15.5. The molecule has 0 aliphatic rings. The van der Waals surface area contributed by atoms with E-state index in [0.29, 0.717) is 5.92 Å². The summed E-state index contributed by atoms with van der Waals surface area (Å²) in [7, 11) is 0. The minimum atomic E-state index is 0.610. The predicted molar refractivity (Wildman–Crippen MR) is 110 cm³/mol. The first kappa shape index (κ1) is 21.0. The van der Waals surface area contributed by atoms with E-state index in [-0.39, 0.29) is 0 Å². The third-order valence-corrected chi connectivity index (χ3v) is 5.02. The highest BCUT2D eigenvalue weighted by atomic mass is 14.1. The summed E-state index contributed by atoms with van der Waals surface area (Å²) in [6, 6.07) is 11.0. The maximum atomic E-state index is 2.37. The zero-order valence-electron chi connectivity index (χ0n) is 16.3. The number of allylic oxidation sites excluding steroid dienone is 2. The van der Waals surface area contributed by atoms with Crippen molar-refractivity contribution in [3.8, 4) is 0 Å². The van der Waals surface area contributed by atoms with Gasteiger partial charge >= 0.3 is 0 Å². The summed E-state index contributed by atoms with van der Waals surface area (Å²) in [4.78, 5) is 0. The Labute approximate surface area is 151 Å². The first-order valence-corrected chi connectivity index (χ1v) is 10.6. The molecule has 0 bridgehead atoms. The summed E-state index contributed by atoms with van der Waals surface area (Å²) >= 11 is 0. The van der Waals surface area contributed by atoms with Gasteiger partial charge in [-0.1, -0.05) is 126 Å². The van der Waals surface area contributed by atoms with E-state index in [4.69, 9.17) is 0 Å². The van der Waals surface area contributed by atoms with Crippen molar-refractivity contribution in [1.82, 2.24) is 0 Å². The van der Waals surface area contributed by atoms with Gasteiger partial charge in [0.2, 0.25) is 0 Å². The van der Waals surface area contributed by atoms with Crippen molar-refractivity contribution in [3.05, 3.63) is 48.0 Å². The Morgan fingerprint density at radius 3 is 1.71 bits per heavy atom. The first-order chi connectivity index (χ1) is 11.9. The molecule has 0 spiro atoms. The van der Waals surface area contributed by atoms with Gasteiger partial charge in [-0.3, -0.25) is 0 Å². The Hall–Kier alpha value is -1.04. The molecule has 1 aromatic carbocycles. The van der Waals surface area contributed by atoms with Crippen molar-refractivity contribution in [1.29, 1.82) is 0 Å². The van der Waals surface area contributed by atoms with E-state index in [1.165, 1.54) is 89.0 Å². The summed E-state index contributed by atoms with van der Waals surface area (Å²) < 4.78 is 0. The molecular weight excluding hydrogens is 288 g/mol. The lowest BCUT2D eigenvalue weighted by Gasteiger charge is -2.13. The minimum Gasteiger partial charge on any atom is -0.0910 e. The molecule has 0 amide bonds. The number of rotatable bonds is 15. The third-order valence-electron chi connectivity index (χ3n) is 5.02. The van der Waals surface area contributed by atoms with Crippen molar-refractivity contribution in [2.45, 2.75) is 103 Å². The lowest BCUT2D eigenvalue weighted by atomic mass is 9.92. The Morgan fingerprint density at radius 2 is 1.21 bits per heavy atom. The molecule has 0 aliphatic carbocycles. The van der Waals surface area contributed by atoms with Crippen molar-refractivity contribution in [2.24, 2.45) is 0 Å². The lowest BCUT2D eigenvalue weighted by molar-refractivity contribution is 0.534. The van der Waals surface area contributed by atoms with Crippen LogP contribution in [0.1, 0.15) is 109 Å². The molecular formula is C24H40. The monoisotopic (exact) mass is 328 g/mol. The van der Waals surface area contributed by atoms with Gasteiger partial charge < -0.3 is 0 Å². The molecule has 0 heteroatoms. The van der Waals surface area contributed by atoms with Crippen LogP contribution in [0.15, 0.2) is 42.5 Å². The topological polar surface area (TPSA) is 0 Å². The Kier molecular flexibility index (Phi) is 13.6. The van der Waals surface area contributed by atoms with Crippen LogP contribution in [0.3, 0.4) is 0 Å². The van der Waals surface area contributed by atoms with Crippen LogP contribution in [-0.4, -0.2) is 0 Å². The number of benzene rings is 1. The molecule has 0 saturated carbocycles. The quantitative estimate of drug-likeness (QED) is 0.224. The average molecular weight is 329 g/mol. The largest absolute Gasteiger partial charge is 0.0910 e. The van der Waals surface area contributed by atoms with Crippen LogP contribution >= 0.6 is 0 Å². The zero-order chi connectivity index (χ0) is 17.3. The maximum absolute atomic E-state index is 2.37. The lowest BCUT2D eigenvalue weighted by Crippen LogP contribution is -1.95. The van der Waals surface area contributed by atoms with E-state index in [0.717, 1.165) is 0 Å². The molecule has 0 N–H and O–H groups in total. The molecule has 0 aromatic heterocycles. The molecule has 136 valence electrons. The van der Waals surface area contributed by atoms with Gasteiger partial charge in [0.25, 0.3) is 0 Å². The van der Waals surface area contributed by atoms with Gasteiger partial charge in [-0.05, 0) is 18.9 Å². The highest BCUT2D eigenvalue weighted by molar-refractivity contribution is 5.23. The third kappa shape index (κ3) is 10.7. The minimum absolute atomic E-state index is 0.610. The van der Waals surface area contributed by atoms with Crippen molar-refractivity contribution in [2.75, 3.05) is 0 Å². The second-order valence-electron chi connectivity index (χ2n) is 7.22. The van der Waals surface area contributed by atoms with Gasteiger partial charge in [-0.2, -0.15) is 0 Å². The molecule has 1 unspecified atom stereocenters. The van der Waals surface area contributed by atoms with E-state index in [2.05, 4.69) is 56.3 Å². The number of hydrogen-bond acceptors (Lipinski definition) is 0. The van der Waals surface area contributed by atoms with Crippen LogP contribution in [-0.2, 0) is 0 Å². The van der Waals surface area contributed by atoms with Crippen LogP contribution < -0.4 is 0 Å². The molecule has 0 radical (unpaired) electrons. The Morgan fingerprint density at radius 1 is 0.708 bits per heavy atom. The molecule has 0 saturated heterocycles. The highest BCUT2D eigenvalue weighted by Crippen LogP contribution is 2.24. The highest BCUT2D eigenvalue weighted by Gasteiger charge is 2.06. The molecule has 1 atom stereocenters. The standard InChI is InChI=1S/C24H40/c1-3-5-6-7-8-9-10-11-12-13-14-16-20-23(19-4-2)24-21-17-15-18-22-24/h4,15,17-19,21-23H,3,5-14,16,20H2,1-2H3. The summed E-state index contributed by atoms with van der Waals surface area (Å²) in [6.07, 6.45) is 23.0. The summed E-state index contributed by atoms with van der Waals surface area (Å²) in [5, 5.41) is 0. The molecule has 1 aromatic rings. The molecule has 1 rings (SSSR count). The fourth-order valence-electron chi connectivity index (χ4n) is 3.51. The summed E-state index contributed by atoms with van der Waals surface area (Å²) in [5.74, 6) is 0.610. The van der Waals surface area contributed by atoms with E-state index < -0.39 is 0 Å². The van der Waals surface area contributed by atoms with Gasteiger partial charge in [0, 0.05) is 5.92 Å². The Balaban J connectivity index is 1.99. The van der Waals surface area contributed by atoms with Crippen LogP contribution in [0.2, 0.25) is 0 Å². The van der Waals surface area contributed by atoms with Crippen molar-refractivity contribution in [3.63, 3.8) is 0 Å². The SMILES string of the molecule is CC=CC(CCCCCCCCCCCCCC)c1ccccc1. The second-order valence-corrected chi connectivity index (χ2v) is 7.22. The zero-order valence-corrected chi connectivity index (χ0v) is 16.3. The summed E-state index contributed by atoms with van der Waals surface area (Å²) in [5.41, 5.74) is 1.47. The molecule has 0 aliphatic heterocycles. The first-order valence-electron chi connectivity index (χ1n) is 10.6. The van der Waals surface area contributed by atoms with Crippen molar-refractivity contribution >= 4 is 0 Å². The van der Waals surface area contributed by atoms with Crippen LogP contribution in [0.5, 0.6) is 0 Å². The van der Waals surface area contributed by atoms with Gasteiger partial charge in [0.15, 0.2) is 0 Å². The molecule has 24 heavy (non-hydrogen) atoms. The fourth-order valence-corrected chi connectivity index (χ4v) is 3.51. The van der Waals surface area contributed by atoms with E-state index in [1.807, 2.05) is 0 Å². The van der Waals surface area contributed by atoms with Gasteiger partial charge in [0.1, 0.15) is 0 Å².